The van der Waals surface area contributed by atoms with Crippen LogP contribution in [0.2, 0.25) is 0 Å². The predicted molar refractivity (Wildman–Crippen MR) is 64.3 cm³/mol. The van der Waals surface area contributed by atoms with Crippen LogP contribution in [-0.2, 0) is 15.6 Å². The molecule has 8 heteroatoms. The summed E-state index contributed by atoms with van der Waals surface area (Å²) >= 11 is 2.06. The average Bonchev–Trinajstić information content (AvgIpc) is 2.85. The second-order valence-electron chi connectivity index (χ2n) is 3.14. The third-order valence-corrected chi connectivity index (χ3v) is 5.89. The van der Waals surface area contributed by atoms with Gasteiger partial charge in [-0.1, -0.05) is 6.07 Å². The van der Waals surface area contributed by atoms with Gasteiger partial charge in [0.25, 0.3) is 0 Å². The summed E-state index contributed by atoms with van der Waals surface area (Å²) in [5.41, 5.74) is 0.265. The first kappa shape index (κ1) is 12.2. The SMILES string of the molecule is O=C(O)c1nc(CS(=O)(=O)c2cccs2)cs1. The topological polar surface area (TPSA) is 84.3 Å². The predicted octanol–water partition coefficient (Wildman–Crippen LogP) is 1.88. The maximum Gasteiger partial charge on any atom is 0.365 e. The van der Waals surface area contributed by atoms with Crippen molar-refractivity contribution in [1.82, 2.24) is 4.98 Å². The van der Waals surface area contributed by atoms with Crippen molar-refractivity contribution in [2.75, 3.05) is 0 Å². The Morgan fingerprint density at radius 1 is 1.41 bits per heavy atom. The second-order valence-corrected chi connectivity index (χ2v) is 7.16. The van der Waals surface area contributed by atoms with Crippen LogP contribution in [-0.4, -0.2) is 24.5 Å². The fourth-order valence-electron chi connectivity index (χ4n) is 1.18. The zero-order valence-electron chi connectivity index (χ0n) is 8.36. The minimum atomic E-state index is -3.41. The highest BCUT2D eigenvalue weighted by molar-refractivity contribution is 7.92. The quantitative estimate of drug-likeness (QED) is 0.929. The lowest BCUT2D eigenvalue weighted by atomic mass is 10.6. The van der Waals surface area contributed by atoms with Gasteiger partial charge in [0.05, 0.1) is 11.4 Å². The summed E-state index contributed by atoms with van der Waals surface area (Å²) in [6.45, 7) is 0. The van der Waals surface area contributed by atoms with E-state index in [1.54, 1.807) is 11.4 Å². The standard InChI is InChI=1S/C9H7NO4S3/c11-9(12)8-10-6(4-16-8)5-17(13,14)7-2-1-3-15-7/h1-4H,5H2,(H,11,12). The fraction of sp³-hybridized carbons (Fsp3) is 0.111. The van der Waals surface area contributed by atoms with Crippen LogP contribution in [0, 0.1) is 0 Å². The van der Waals surface area contributed by atoms with Crippen molar-refractivity contribution in [3.8, 4) is 0 Å². The molecular weight excluding hydrogens is 282 g/mol. The molecule has 0 fully saturated rings. The van der Waals surface area contributed by atoms with E-state index in [4.69, 9.17) is 5.11 Å². The molecule has 0 atom stereocenters. The average molecular weight is 289 g/mol. The number of carbonyl (C=O) groups is 1. The van der Waals surface area contributed by atoms with Gasteiger partial charge in [0.2, 0.25) is 5.01 Å². The molecule has 2 heterocycles. The van der Waals surface area contributed by atoms with Gasteiger partial charge in [0, 0.05) is 5.38 Å². The van der Waals surface area contributed by atoms with E-state index in [0.717, 1.165) is 22.7 Å². The van der Waals surface area contributed by atoms with Gasteiger partial charge in [-0.2, -0.15) is 0 Å². The van der Waals surface area contributed by atoms with Crippen molar-refractivity contribution in [2.24, 2.45) is 0 Å². The molecule has 0 unspecified atom stereocenters. The molecule has 0 saturated heterocycles. The Morgan fingerprint density at radius 3 is 2.71 bits per heavy atom. The molecule has 0 radical (unpaired) electrons. The van der Waals surface area contributed by atoms with Gasteiger partial charge in [0.15, 0.2) is 9.84 Å². The van der Waals surface area contributed by atoms with Crippen molar-refractivity contribution < 1.29 is 18.3 Å². The molecule has 1 N–H and O–H groups in total. The number of thiophene rings is 1. The fourth-order valence-corrected chi connectivity index (χ4v) is 4.28. The monoisotopic (exact) mass is 289 g/mol. The maximum atomic E-state index is 11.9. The van der Waals surface area contributed by atoms with Crippen molar-refractivity contribution in [3.63, 3.8) is 0 Å². The van der Waals surface area contributed by atoms with Crippen LogP contribution in [0.5, 0.6) is 0 Å². The summed E-state index contributed by atoms with van der Waals surface area (Å²) < 4.78 is 24.0. The Balaban J connectivity index is 2.24. The third kappa shape index (κ3) is 2.71. The number of carboxylic acid groups (broad SMARTS) is 1. The normalized spacial score (nSPS) is 11.5. The first-order chi connectivity index (χ1) is 7.99. The Kier molecular flexibility index (Phi) is 3.27. The summed E-state index contributed by atoms with van der Waals surface area (Å²) in [5.74, 6) is -1.41. The van der Waals surface area contributed by atoms with Gasteiger partial charge in [0.1, 0.15) is 4.21 Å². The number of rotatable bonds is 4. The van der Waals surface area contributed by atoms with Gasteiger partial charge in [-0.05, 0) is 11.4 Å². The minimum absolute atomic E-state index is 0.0959. The first-order valence-electron chi connectivity index (χ1n) is 4.43. The molecule has 90 valence electrons. The highest BCUT2D eigenvalue weighted by atomic mass is 32.2. The Hall–Kier alpha value is -1.25. The van der Waals surface area contributed by atoms with Gasteiger partial charge < -0.3 is 5.11 Å². The van der Waals surface area contributed by atoms with E-state index in [9.17, 15) is 13.2 Å². The van der Waals surface area contributed by atoms with Crippen LogP contribution in [0.3, 0.4) is 0 Å². The molecule has 0 aliphatic carbocycles. The molecule has 0 bridgehead atoms. The lowest BCUT2D eigenvalue weighted by Crippen LogP contribution is -2.04. The van der Waals surface area contributed by atoms with E-state index in [0.29, 0.717) is 0 Å². The van der Waals surface area contributed by atoms with Gasteiger partial charge in [-0.3, -0.25) is 0 Å². The molecule has 0 spiro atoms. The summed E-state index contributed by atoms with van der Waals surface area (Å²) in [5, 5.41) is 11.7. The van der Waals surface area contributed by atoms with Crippen molar-refractivity contribution in [1.29, 1.82) is 0 Å². The van der Waals surface area contributed by atoms with E-state index in [-0.39, 0.29) is 20.7 Å². The molecule has 17 heavy (non-hydrogen) atoms. The molecule has 0 saturated carbocycles. The van der Waals surface area contributed by atoms with E-state index < -0.39 is 15.8 Å². The van der Waals surface area contributed by atoms with E-state index in [1.165, 1.54) is 11.4 Å². The highest BCUT2D eigenvalue weighted by Crippen LogP contribution is 2.21. The third-order valence-electron chi connectivity index (χ3n) is 1.87. The number of nitrogens with zero attached hydrogens (tertiary/aromatic N) is 1. The van der Waals surface area contributed by atoms with Crippen molar-refractivity contribution in [2.45, 2.75) is 9.96 Å². The van der Waals surface area contributed by atoms with Crippen LogP contribution in [0.15, 0.2) is 27.1 Å². The smallest absolute Gasteiger partial charge is 0.365 e. The summed E-state index contributed by atoms with van der Waals surface area (Å²) in [6, 6.07) is 3.17. The van der Waals surface area contributed by atoms with Crippen LogP contribution in [0.4, 0.5) is 0 Å². The van der Waals surface area contributed by atoms with Crippen molar-refractivity contribution >= 4 is 38.5 Å². The second kappa shape index (κ2) is 4.55. The van der Waals surface area contributed by atoms with Crippen molar-refractivity contribution in [3.05, 3.63) is 33.6 Å². The molecule has 2 rings (SSSR count). The van der Waals surface area contributed by atoms with Crippen LogP contribution in [0.25, 0.3) is 0 Å². The number of hydrogen-bond acceptors (Lipinski definition) is 6. The lowest BCUT2D eigenvalue weighted by Gasteiger charge is -1.97. The Bertz CT molecular complexity index is 627. The van der Waals surface area contributed by atoms with Gasteiger partial charge in [-0.25, -0.2) is 18.2 Å². The highest BCUT2D eigenvalue weighted by Gasteiger charge is 2.19. The van der Waals surface area contributed by atoms with E-state index in [2.05, 4.69) is 4.98 Å². The molecule has 2 aromatic heterocycles. The van der Waals surface area contributed by atoms with Crippen LogP contribution in [0.1, 0.15) is 15.5 Å². The lowest BCUT2D eigenvalue weighted by molar-refractivity contribution is 0.0696. The van der Waals surface area contributed by atoms with Gasteiger partial charge >= 0.3 is 5.97 Å². The first-order valence-corrected chi connectivity index (χ1v) is 7.84. The largest absolute Gasteiger partial charge is 0.476 e. The molecule has 0 amide bonds. The molecule has 0 aliphatic rings. The molecular formula is C9H7NO4S3. The van der Waals surface area contributed by atoms with E-state index in [1.807, 2.05) is 0 Å². The number of aromatic carboxylic acids is 1. The zero-order valence-corrected chi connectivity index (χ0v) is 10.8. The minimum Gasteiger partial charge on any atom is -0.476 e. The maximum absolute atomic E-state index is 11.9. The number of aromatic nitrogens is 1. The number of hydrogen-bond donors (Lipinski definition) is 1. The van der Waals surface area contributed by atoms with Crippen LogP contribution >= 0.6 is 22.7 Å². The number of sulfone groups is 1. The Morgan fingerprint density at radius 2 is 2.18 bits per heavy atom. The molecule has 0 aromatic carbocycles. The molecule has 0 aliphatic heterocycles. The Labute approximate surface area is 105 Å². The summed E-state index contributed by atoms with van der Waals surface area (Å²) in [6.07, 6.45) is 0. The van der Waals surface area contributed by atoms with Gasteiger partial charge in [-0.15, -0.1) is 22.7 Å². The van der Waals surface area contributed by atoms with E-state index >= 15 is 0 Å². The number of carboxylic acids is 1. The zero-order chi connectivity index (χ0) is 12.5. The summed E-state index contributed by atoms with van der Waals surface area (Å²) in [7, 11) is -3.41. The molecule has 5 nitrogen and oxygen atoms in total. The van der Waals surface area contributed by atoms with Crippen LogP contribution < -0.4 is 0 Å². The molecule has 2 aromatic rings. The summed E-state index contributed by atoms with van der Waals surface area (Å²) in [4.78, 5) is 14.4. The number of thiazole rings is 1.